The third kappa shape index (κ3) is 13.2. The molecule has 552 valence electrons. The van der Waals surface area contributed by atoms with Crippen LogP contribution in [0.4, 0.5) is 51.2 Å². The number of rotatable bonds is 17. The molecule has 0 bridgehead atoms. The van der Waals surface area contributed by atoms with Gasteiger partial charge in [0, 0.05) is 56.4 Å². The van der Waals surface area contributed by atoms with Crippen molar-refractivity contribution in [3.05, 3.63) is 473 Å². The van der Waals surface area contributed by atoms with E-state index in [2.05, 4.69) is 488 Å². The summed E-state index contributed by atoms with van der Waals surface area (Å²) in [5.41, 5.74) is 40.1. The summed E-state index contributed by atoms with van der Waals surface area (Å²) in [7, 11) is 0. The molecule has 0 radical (unpaired) electrons. The standard InChI is InChI=1S/C114H78BN3/c1-11-31-79(32-12-1)85-51-55-89(56-52-85)97-71-102(91-43-23-7-24-44-91)113(103(72-97)92-45-25-8-26-46-92)117-108-69-63-95(83-39-19-5-20-40-83)75-106(108)115-107-76-96(84-41-21-6-22-42-84)64-70-109(107)118(114-104(93-47-27-9-28-48-93)73-98(74-105(114)94-49-29-10-30-50-94)90-57-53-86(54-58-90)80-33-13-2-14-34-80)111-78-101(77-110(117)112(111)115)116(99-65-59-87(60-66-99)81-35-15-3-16-36-81)100-67-61-88(62-68-100)82-37-17-4-18-38-82/h1-78H. The Morgan fingerprint density at radius 1 is 0.153 bits per heavy atom. The Morgan fingerprint density at radius 2 is 0.356 bits per heavy atom. The van der Waals surface area contributed by atoms with Gasteiger partial charge in [-0.05, 0) is 200 Å². The van der Waals surface area contributed by atoms with Crippen LogP contribution in [0.2, 0.25) is 0 Å². The van der Waals surface area contributed by atoms with Crippen LogP contribution in [0.25, 0.3) is 134 Å². The summed E-state index contributed by atoms with van der Waals surface area (Å²) < 4.78 is 0. The van der Waals surface area contributed by atoms with E-state index in [0.29, 0.717) is 0 Å². The van der Waals surface area contributed by atoms with Gasteiger partial charge >= 0.3 is 0 Å². The van der Waals surface area contributed by atoms with Crippen LogP contribution in [0.15, 0.2) is 473 Å². The lowest BCUT2D eigenvalue weighted by molar-refractivity contribution is 1.23. The number of anilines is 9. The van der Waals surface area contributed by atoms with E-state index in [-0.39, 0.29) is 6.71 Å². The minimum Gasteiger partial charge on any atom is -0.310 e. The van der Waals surface area contributed by atoms with Gasteiger partial charge in [-0.25, -0.2) is 0 Å². The van der Waals surface area contributed by atoms with E-state index in [1.807, 2.05) is 0 Å². The van der Waals surface area contributed by atoms with Gasteiger partial charge in [-0.15, -0.1) is 0 Å². The summed E-state index contributed by atoms with van der Waals surface area (Å²) in [6, 6.07) is 176. The summed E-state index contributed by atoms with van der Waals surface area (Å²) >= 11 is 0. The van der Waals surface area contributed by atoms with Crippen LogP contribution in [-0.4, -0.2) is 6.71 Å². The highest BCUT2D eigenvalue weighted by molar-refractivity contribution is 7.00. The number of benzene rings is 19. The molecule has 0 unspecified atom stereocenters. The molecule has 3 nitrogen and oxygen atoms in total. The fraction of sp³-hybridized carbons (Fsp3) is 0. The zero-order valence-corrected chi connectivity index (χ0v) is 65.0. The van der Waals surface area contributed by atoms with Gasteiger partial charge < -0.3 is 14.7 Å². The van der Waals surface area contributed by atoms with Crippen LogP contribution in [0.1, 0.15) is 0 Å². The van der Waals surface area contributed by atoms with E-state index < -0.39 is 0 Å². The maximum Gasteiger partial charge on any atom is 0.252 e. The average molecular weight is 1500 g/mol. The zero-order chi connectivity index (χ0) is 78.2. The Kier molecular flexibility index (Phi) is 18.4. The van der Waals surface area contributed by atoms with Crippen LogP contribution in [-0.2, 0) is 0 Å². The van der Waals surface area contributed by atoms with Crippen LogP contribution in [0, 0.1) is 0 Å². The predicted octanol–water partition coefficient (Wildman–Crippen LogP) is 29.2. The van der Waals surface area contributed by atoms with Crippen molar-refractivity contribution in [2.75, 3.05) is 14.7 Å². The minimum atomic E-state index is -0.335. The second-order valence-corrected chi connectivity index (χ2v) is 30.6. The molecule has 0 spiro atoms. The largest absolute Gasteiger partial charge is 0.310 e. The van der Waals surface area contributed by atoms with E-state index in [1.54, 1.807) is 0 Å². The van der Waals surface area contributed by atoms with Crippen LogP contribution in [0.3, 0.4) is 0 Å². The Morgan fingerprint density at radius 3 is 0.610 bits per heavy atom. The van der Waals surface area contributed by atoms with Crippen molar-refractivity contribution >= 4 is 74.3 Å². The van der Waals surface area contributed by atoms with Crippen LogP contribution >= 0.6 is 0 Å². The average Bonchev–Trinajstić information content (AvgIpc) is 0.685. The normalized spacial score (nSPS) is 11.8. The van der Waals surface area contributed by atoms with Gasteiger partial charge in [0.15, 0.2) is 0 Å². The van der Waals surface area contributed by atoms with Crippen molar-refractivity contribution in [1.29, 1.82) is 0 Å². The minimum absolute atomic E-state index is 0.335. The highest BCUT2D eigenvalue weighted by Crippen LogP contribution is 2.57. The first-order valence-corrected chi connectivity index (χ1v) is 40.7. The van der Waals surface area contributed by atoms with Crippen LogP contribution in [0.5, 0.6) is 0 Å². The lowest BCUT2D eigenvalue weighted by atomic mass is 9.33. The molecule has 0 aliphatic carbocycles. The van der Waals surface area contributed by atoms with Crippen molar-refractivity contribution in [2.45, 2.75) is 0 Å². The maximum atomic E-state index is 2.69. The van der Waals surface area contributed by atoms with Gasteiger partial charge in [-0.2, -0.15) is 0 Å². The van der Waals surface area contributed by atoms with Crippen molar-refractivity contribution in [2.24, 2.45) is 0 Å². The fourth-order valence-electron chi connectivity index (χ4n) is 17.9. The molecule has 21 rings (SSSR count). The molecule has 2 aliphatic rings. The van der Waals surface area contributed by atoms with E-state index in [4.69, 9.17) is 0 Å². The molecule has 0 fully saturated rings. The third-order valence-corrected chi connectivity index (χ3v) is 23.6. The molecule has 0 saturated heterocycles. The van der Waals surface area contributed by atoms with Gasteiger partial charge in [0.2, 0.25) is 0 Å². The van der Waals surface area contributed by atoms with Crippen LogP contribution < -0.4 is 31.1 Å². The molecule has 0 aromatic heterocycles. The van der Waals surface area contributed by atoms with E-state index in [9.17, 15) is 0 Å². The molecule has 0 amide bonds. The monoisotopic (exact) mass is 1500 g/mol. The summed E-state index contributed by atoms with van der Waals surface area (Å²) in [4.78, 5) is 7.88. The first kappa shape index (κ1) is 70.5. The second-order valence-electron chi connectivity index (χ2n) is 30.6. The first-order chi connectivity index (χ1) is 58.5. The van der Waals surface area contributed by atoms with Crippen molar-refractivity contribution in [3.63, 3.8) is 0 Å². The summed E-state index contributed by atoms with van der Waals surface area (Å²) in [6.45, 7) is -0.335. The lowest BCUT2D eigenvalue weighted by Crippen LogP contribution is -2.61. The Balaban J connectivity index is 0.920. The molecule has 0 saturated carbocycles. The van der Waals surface area contributed by atoms with Gasteiger partial charge in [-0.3, -0.25) is 0 Å². The van der Waals surface area contributed by atoms with Gasteiger partial charge in [0.05, 0.1) is 17.1 Å². The highest BCUT2D eigenvalue weighted by atomic mass is 15.2. The highest BCUT2D eigenvalue weighted by Gasteiger charge is 2.46. The van der Waals surface area contributed by atoms with Crippen molar-refractivity contribution < 1.29 is 0 Å². The number of fused-ring (bicyclic) bond motifs is 4. The SMILES string of the molecule is c1ccc(-c2ccc(-c3cc(-c4ccccc4)c(N4c5ccc(-c6ccccc6)cc5B5c6cc(-c7ccccc7)ccc6N(c6c(-c7ccccc7)cc(-c7ccc(-c8ccccc8)cc7)cc6-c6ccccc6)c6cc(N(c7ccc(-c8ccccc8)cc7)c7ccc(-c8ccccc8)cc7)cc4c65)c(-c4ccccc4)c3)cc2)cc1. The molecule has 4 heteroatoms. The number of hydrogen-bond acceptors (Lipinski definition) is 3. The van der Waals surface area contributed by atoms with E-state index in [0.717, 1.165) is 162 Å². The zero-order valence-electron chi connectivity index (χ0n) is 65.0. The van der Waals surface area contributed by atoms with Crippen molar-refractivity contribution in [1.82, 2.24) is 0 Å². The molecule has 2 aliphatic heterocycles. The number of nitrogens with zero attached hydrogens (tertiary/aromatic N) is 3. The van der Waals surface area contributed by atoms with Crippen molar-refractivity contribution in [3.8, 4) is 134 Å². The van der Waals surface area contributed by atoms with E-state index >= 15 is 0 Å². The molecule has 0 N–H and O–H groups in total. The smallest absolute Gasteiger partial charge is 0.252 e. The molecule has 19 aromatic rings. The van der Waals surface area contributed by atoms with E-state index in [1.165, 1.54) is 38.6 Å². The molecule has 19 aromatic carbocycles. The predicted molar refractivity (Wildman–Crippen MR) is 500 cm³/mol. The Hall–Kier alpha value is -15.4. The number of hydrogen-bond donors (Lipinski definition) is 0. The summed E-state index contributed by atoms with van der Waals surface area (Å²) in [5.74, 6) is 0. The molecule has 2 heterocycles. The molecular weight excluding hydrogens is 1420 g/mol. The summed E-state index contributed by atoms with van der Waals surface area (Å²) in [6.07, 6.45) is 0. The van der Waals surface area contributed by atoms with Gasteiger partial charge in [0.25, 0.3) is 6.71 Å². The Bertz CT molecular complexity index is 6280. The molecule has 0 atom stereocenters. The molecule has 118 heavy (non-hydrogen) atoms. The molecular formula is C114H78BN3. The first-order valence-electron chi connectivity index (χ1n) is 40.7. The third-order valence-electron chi connectivity index (χ3n) is 23.6. The lowest BCUT2D eigenvalue weighted by Gasteiger charge is -2.46. The topological polar surface area (TPSA) is 9.72 Å². The van der Waals surface area contributed by atoms with Gasteiger partial charge in [0.1, 0.15) is 0 Å². The maximum absolute atomic E-state index is 2.69. The Labute approximate surface area is 691 Å². The fourth-order valence-corrected chi connectivity index (χ4v) is 17.9. The second kappa shape index (κ2) is 30.9. The summed E-state index contributed by atoms with van der Waals surface area (Å²) in [5, 5.41) is 0. The van der Waals surface area contributed by atoms with Gasteiger partial charge in [-0.1, -0.05) is 400 Å². The quantitative estimate of drug-likeness (QED) is 0.0842.